The predicted molar refractivity (Wildman–Crippen MR) is 70.1 cm³/mol. The van der Waals surface area contributed by atoms with Crippen LogP contribution in [0.1, 0.15) is 12.5 Å². The molecule has 0 atom stereocenters. The van der Waals surface area contributed by atoms with Crippen LogP contribution in [0.4, 0.5) is 0 Å². The van der Waals surface area contributed by atoms with E-state index in [4.69, 9.17) is 14.6 Å². The summed E-state index contributed by atoms with van der Waals surface area (Å²) in [5.74, 6) is -0.661. The summed E-state index contributed by atoms with van der Waals surface area (Å²) in [5, 5.41) is 8.42. The smallest absolute Gasteiger partial charge is 0.328 e. The van der Waals surface area contributed by atoms with E-state index < -0.39 is 11.9 Å². The van der Waals surface area contributed by atoms with Gasteiger partial charge in [0.1, 0.15) is 0 Å². The van der Waals surface area contributed by atoms with Crippen LogP contribution < -0.4 is 9.47 Å². The Morgan fingerprint density at radius 1 is 1.21 bits per heavy atom. The lowest BCUT2D eigenvalue weighted by atomic mass is 10.2. The number of aliphatic carboxylic acids is 1. The zero-order chi connectivity index (χ0) is 14.3. The number of ether oxygens (including phenoxy) is 2. The highest BCUT2D eigenvalue weighted by molar-refractivity contribution is 5.80. The van der Waals surface area contributed by atoms with E-state index in [9.17, 15) is 9.59 Å². The molecule has 0 aliphatic rings. The van der Waals surface area contributed by atoms with Gasteiger partial charge in [0.25, 0.3) is 0 Å². The normalized spacial score (nSPS) is 10.8. The Bertz CT molecular complexity index is 529. The third-order valence-corrected chi connectivity index (χ3v) is 2.08. The Kier molecular flexibility index (Phi) is 5.35. The molecular formula is C14H14O5. The van der Waals surface area contributed by atoms with E-state index in [1.807, 2.05) is 0 Å². The second-order valence-corrected chi connectivity index (χ2v) is 3.56. The second-order valence-electron chi connectivity index (χ2n) is 3.56. The maximum Gasteiger partial charge on any atom is 0.328 e. The minimum absolute atomic E-state index is 0.341. The van der Waals surface area contributed by atoms with Gasteiger partial charge >= 0.3 is 11.9 Å². The molecule has 5 heteroatoms. The van der Waals surface area contributed by atoms with Gasteiger partial charge < -0.3 is 14.6 Å². The van der Waals surface area contributed by atoms with Gasteiger partial charge in [-0.15, -0.1) is 0 Å². The quantitative estimate of drug-likeness (QED) is 0.381. The lowest BCUT2D eigenvalue weighted by Gasteiger charge is -2.08. The van der Waals surface area contributed by atoms with E-state index >= 15 is 0 Å². The summed E-state index contributed by atoms with van der Waals surface area (Å²) < 4.78 is 10.1. The number of allylic oxidation sites excluding steroid dienone is 2. The fourth-order valence-corrected chi connectivity index (χ4v) is 1.33. The van der Waals surface area contributed by atoms with Crippen LogP contribution in [0.5, 0.6) is 11.5 Å². The van der Waals surface area contributed by atoms with Gasteiger partial charge in [-0.25, -0.2) is 4.79 Å². The molecule has 0 unspecified atom stereocenters. The summed E-state index contributed by atoms with van der Waals surface area (Å²) >= 11 is 0. The molecule has 0 saturated heterocycles. The first-order valence-corrected chi connectivity index (χ1v) is 5.47. The van der Waals surface area contributed by atoms with Crippen molar-refractivity contribution in [2.24, 2.45) is 0 Å². The molecule has 0 saturated carbocycles. The van der Waals surface area contributed by atoms with Crippen LogP contribution in [-0.4, -0.2) is 24.2 Å². The average molecular weight is 262 g/mol. The number of esters is 1. The van der Waals surface area contributed by atoms with E-state index in [-0.39, 0.29) is 0 Å². The first-order valence-electron chi connectivity index (χ1n) is 5.47. The number of carboxylic acid groups (broad SMARTS) is 1. The van der Waals surface area contributed by atoms with Gasteiger partial charge in [0.2, 0.25) is 0 Å². The van der Waals surface area contributed by atoms with Crippen molar-refractivity contribution in [1.29, 1.82) is 0 Å². The van der Waals surface area contributed by atoms with E-state index in [2.05, 4.69) is 0 Å². The van der Waals surface area contributed by atoms with Crippen LogP contribution in [0.2, 0.25) is 0 Å². The minimum atomic E-state index is -1.01. The summed E-state index contributed by atoms with van der Waals surface area (Å²) in [7, 11) is 1.47. The summed E-state index contributed by atoms with van der Waals surface area (Å²) in [6.07, 6.45) is 5.74. The summed E-state index contributed by atoms with van der Waals surface area (Å²) in [6.45, 7) is 1.31. The minimum Gasteiger partial charge on any atom is -0.493 e. The van der Waals surface area contributed by atoms with Crippen LogP contribution in [0.15, 0.2) is 36.4 Å². The summed E-state index contributed by atoms with van der Waals surface area (Å²) in [5.41, 5.74) is 0.794. The molecule has 0 amide bonds. The standard InChI is InChI=1S/C14H14O5/c1-10(15)19-12-8-7-11(9-13(12)18-2)5-3-4-6-14(16)17/h3-9H,1-2H3,(H,16,17)/b5-3+,6-4+. The monoisotopic (exact) mass is 262 g/mol. The Morgan fingerprint density at radius 2 is 1.95 bits per heavy atom. The lowest BCUT2D eigenvalue weighted by Crippen LogP contribution is -2.02. The van der Waals surface area contributed by atoms with Gasteiger partial charge in [-0.1, -0.05) is 24.3 Å². The molecule has 1 N–H and O–H groups in total. The van der Waals surface area contributed by atoms with Gasteiger partial charge in [-0.05, 0) is 17.7 Å². The highest BCUT2D eigenvalue weighted by Crippen LogP contribution is 2.28. The van der Waals surface area contributed by atoms with Gasteiger partial charge in [-0.3, -0.25) is 4.79 Å². The summed E-state index contributed by atoms with van der Waals surface area (Å²) in [4.78, 5) is 21.2. The molecule has 1 rings (SSSR count). The molecular weight excluding hydrogens is 248 g/mol. The van der Waals surface area contributed by atoms with Crippen molar-refractivity contribution >= 4 is 18.0 Å². The van der Waals surface area contributed by atoms with Crippen molar-refractivity contribution in [1.82, 2.24) is 0 Å². The van der Waals surface area contributed by atoms with Gasteiger partial charge in [0.05, 0.1) is 7.11 Å². The van der Waals surface area contributed by atoms with E-state index in [0.717, 1.165) is 11.6 Å². The Morgan fingerprint density at radius 3 is 2.53 bits per heavy atom. The van der Waals surface area contributed by atoms with Gasteiger partial charge in [0.15, 0.2) is 11.5 Å². The first-order chi connectivity index (χ1) is 9.02. The molecule has 0 radical (unpaired) electrons. The van der Waals surface area contributed by atoms with Crippen molar-refractivity contribution in [2.75, 3.05) is 7.11 Å². The fourth-order valence-electron chi connectivity index (χ4n) is 1.33. The zero-order valence-corrected chi connectivity index (χ0v) is 10.6. The molecule has 1 aromatic carbocycles. The molecule has 0 aliphatic carbocycles. The van der Waals surface area contributed by atoms with Gasteiger partial charge in [0, 0.05) is 13.0 Å². The van der Waals surface area contributed by atoms with Gasteiger partial charge in [-0.2, -0.15) is 0 Å². The predicted octanol–water partition coefficient (Wildman–Crippen LogP) is 2.27. The van der Waals surface area contributed by atoms with Crippen LogP contribution in [0.25, 0.3) is 6.08 Å². The number of benzene rings is 1. The van der Waals surface area contributed by atoms with Crippen LogP contribution >= 0.6 is 0 Å². The SMILES string of the molecule is COc1cc(/C=C/C=C/C(=O)O)ccc1OC(C)=O. The number of carbonyl (C=O) groups excluding carboxylic acids is 1. The van der Waals surface area contributed by atoms with Crippen LogP contribution in [0.3, 0.4) is 0 Å². The fraction of sp³-hybridized carbons (Fsp3) is 0.143. The Balaban J connectivity index is 2.87. The maximum absolute atomic E-state index is 10.9. The molecule has 5 nitrogen and oxygen atoms in total. The van der Waals surface area contributed by atoms with Crippen molar-refractivity contribution in [3.8, 4) is 11.5 Å². The third-order valence-electron chi connectivity index (χ3n) is 2.08. The number of rotatable bonds is 5. The lowest BCUT2D eigenvalue weighted by molar-refractivity contribution is -0.132. The molecule has 0 bridgehead atoms. The van der Waals surface area contributed by atoms with E-state index in [1.165, 1.54) is 20.1 Å². The number of hydrogen-bond donors (Lipinski definition) is 1. The molecule has 100 valence electrons. The zero-order valence-electron chi connectivity index (χ0n) is 10.6. The molecule has 0 heterocycles. The highest BCUT2D eigenvalue weighted by Gasteiger charge is 2.06. The van der Waals surface area contributed by atoms with Crippen molar-refractivity contribution in [2.45, 2.75) is 6.92 Å². The van der Waals surface area contributed by atoms with Crippen molar-refractivity contribution < 1.29 is 24.2 Å². The molecule has 0 spiro atoms. The number of carbonyl (C=O) groups is 2. The largest absolute Gasteiger partial charge is 0.493 e. The molecule has 0 aliphatic heterocycles. The van der Waals surface area contributed by atoms with Crippen molar-refractivity contribution in [3.05, 3.63) is 42.0 Å². The second kappa shape index (κ2) is 7.00. The highest BCUT2D eigenvalue weighted by atomic mass is 16.6. The maximum atomic E-state index is 10.9. The third kappa shape index (κ3) is 5.08. The van der Waals surface area contributed by atoms with E-state index in [1.54, 1.807) is 30.4 Å². The Hall–Kier alpha value is -2.56. The average Bonchev–Trinajstić information content (AvgIpc) is 2.35. The molecule has 0 fully saturated rings. The van der Waals surface area contributed by atoms with Crippen LogP contribution in [-0.2, 0) is 9.59 Å². The molecule has 1 aromatic rings. The molecule has 0 aromatic heterocycles. The number of carboxylic acids is 1. The van der Waals surface area contributed by atoms with Crippen LogP contribution in [0, 0.1) is 0 Å². The van der Waals surface area contributed by atoms with E-state index in [0.29, 0.717) is 11.5 Å². The topological polar surface area (TPSA) is 72.8 Å². The Labute approximate surface area is 110 Å². The van der Waals surface area contributed by atoms with Crippen molar-refractivity contribution in [3.63, 3.8) is 0 Å². The summed E-state index contributed by atoms with van der Waals surface area (Å²) in [6, 6.07) is 5.02. The first kappa shape index (κ1) is 14.5. The number of methoxy groups -OCH3 is 1. The molecule has 19 heavy (non-hydrogen) atoms. The number of hydrogen-bond acceptors (Lipinski definition) is 4.